The number of halogens is 3. The summed E-state index contributed by atoms with van der Waals surface area (Å²) in [6, 6.07) is 4.60. The van der Waals surface area contributed by atoms with Gasteiger partial charge in [-0.05, 0) is 25.5 Å². The third-order valence-corrected chi connectivity index (χ3v) is 3.36. The van der Waals surface area contributed by atoms with Crippen molar-refractivity contribution in [3.8, 4) is 0 Å². The van der Waals surface area contributed by atoms with Crippen LogP contribution in [0.2, 0.25) is 0 Å². The van der Waals surface area contributed by atoms with Gasteiger partial charge in [0.05, 0.1) is 11.3 Å². The number of benzene rings is 1. The smallest absolute Gasteiger partial charge is 0.409 e. The summed E-state index contributed by atoms with van der Waals surface area (Å²) >= 11 is 0. The lowest BCUT2D eigenvalue weighted by Gasteiger charge is -2.26. The molecule has 0 aliphatic rings. The third kappa shape index (κ3) is 3.45. The highest BCUT2D eigenvalue weighted by molar-refractivity contribution is 6.11. The van der Waals surface area contributed by atoms with Crippen molar-refractivity contribution < 1.29 is 23.2 Å². The Morgan fingerprint density at radius 2 is 1.95 bits per heavy atom. The van der Waals surface area contributed by atoms with Crippen molar-refractivity contribution in [1.82, 2.24) is 0 Å². The number of anilines is 1. The number of amides is 1. The fraction of sp³-hybridized carbons (Fsp3) is 0.385. The van der Waals surface area contributed by atoms with Gasteiger partial charge in [0.2, 0.25) is 5.91 Å². The topological polar surface area (TPSA) is 87.7 Å². The molecule has 8 heteroatoms. The van der Waals surface area contributed by atoms with Gasteiger partial charge in [0, 0.05) is 0 Å². The standard InChI is InChI=1S/C13H16F3N3O2/c1-3-12(2,10(17)19-21)11(20)18-9-7-5-4-6-8(9)13(14,15)16/h4-7,21H,3H2,1-2H3,(H2,17,19)(H,18,20). The number of amidine groups is 1. The van der Waals surface area contributed by atoms with E-state index in [1.54, 1.807) is 6.92 Å². The van der Waals surface area contributed by atoms with E-state index in [2.05, 4.69) is 10.5 Å². The molecule has 1 aromatic carbocycles. The van der Waals surface area contributed by atoms with E-state index in [0.717, 1.165) is 12.1 Å². The van der Waals surface area contributed by atoms with Gasteiger partial charge in [-0.3, -0.25) is 4.79 Å². The van der Waals surface area contributed by atoms with E-state index in [1.165, 1.54) is 19.1 Å². The second-order valence-electron chi connectivity index (χ2n) is 4.67. The molecular formula is C13H16F3N3O2. The van der Waals surface area contributed by atoms with E-state index >= 15 is 0 Å². The predicted molar refractivity (Wildman–Crippen MR) is 71.9 cm³/mol. The molecule has 0 spiro atoms. The van der Waals surface area contributed by atoms with Crippen molar-refractivity contribution >= 4 is 17.4 Å². The Kier molecular flexibility index (Phi) is 4.82. The van der Waals surface area contributed by atoms with Gasteiger partial charge in [-0.2, -0.15) is 13.2 Å². The Morgan fingerprint density at radius 3 is 2.43 bits per heavy atom. The van der Waals surface area contributed by atoms with Crippen molar-refractivity contribution in [2.75, 3.05) is 5.32 Å². The first-order chi connectivity index (χ1) is 9.66. The average Bonchev–Trinajstić information content (AvgIpc) is 2.44. The summed E-state index contributed by atoms with van der Waals surface area (Å²) in [6.45, 7) is 2.99. The molecule has 0 saturated carbocycles. The van der Waals surface area contributed by atoms with Crippen molar-refractivity contribution in [2.45, 2.75) is 26.4 Å². The molecule has 116 valence electrons. The van der Waals surface area contributed by atoms with Gasteiger partial charge in [-0.25, -0.2) is 0 Å². The van der Waals surface area contributed by atoms with E-state index in [0.29, 0.717) is 0 Å². The minimum Gasteiger partial charge on any atom is -0.409 e. The molecule has 21 heavy (non-hydrogen) atoms. The lowest BCUT2D eigenvalue weighted by atomic mass is 9.85. The van der Waals surface area contributed by atoms with Gasteiger partial charge >= 0.3 is 6.18 Å². The zero-order valence-corrected chi connectivity index (χ0v) is 11.5. The number of rotatable bonds is 4. The van der Waals surface area contributed by atoms with Crippen LogP contribution in [0.3, 0.4) is 0 Å². The highest BCUT2D eigenvalue weighted by Gasteiger charge is 2.39. The number of hydrogen-bond acceptors (Lipinski definition) is 3. The molecule has 1 atom stereocenters. The van der Waals surface area contributed by atoms with Crippen LogP contribution in [0.1, 0.15) is 25.8 Å². The van der Waals surface area contributed by atoms with Crippen molar-refractivity contribution in [2.24, 2.45) is 16.3 Å². The number of carbonyl (C=O) groups excluding carboxylic acids is 1. The second kappa shape index (κ2) is 6.02. The molecule has 0 aliphatic heterocycles. The largest absolute Gasteiger partial charge is 0.418 e. The molecule has 0 heterocycles. The van der Waals surface area contributed by atoms with E-state index in [4.69, 9.17) is 10.9 Å². The number of nitrogens with one attached hydrogen (secondary N) is 1. The monoisotopic (exact) mass is 303 g/mol. The maximum Gasteiger partial charge on any atom is 0.418 e. The van der Waals surface area contributed by atoms with Gasteiger partial charge in [0.25, 0.3) is 0 Å². The molecule has 0 fully saturated rings. The Hall–Kier alpha value is -2.25. The zero-order chi connectivity index (χ0) is 16.3. The van der Waals surface area contributed by atoms with E-state index in [9.17, 15) is 18.0 Å². The fourth-order valence-corrected chi connectivity index (χ4v) is 1.67. The molecular weight excluding hydrogens is 287 g/mol. The zero-order valence-electron chi connectivity index (χ0n) is 11.5. The first kappa shape index (κ1) is 16.8. The van der Waals surface area contributed by atoms with Gasteiger partial charge in [-0.1, -0.05) is 24.2 Å². The van der Waals surface area contributed by atoms with Crippen molar-refractivity contribution in [3.05, 3.63) is 29.8 Å². The molecule has 4 N–H and O–H groups in total. The SMILES string of the molecule is CCC(C)(C(=O)Nc1ccccc1C(F)(F)F)/C(N)=N/O. The Bertz CT molecular complexity index is 558. The molecule has 1 rings (SSSR count). The van der Waals surface area contributed by atoms with Crippen LogP contribution in [0.25, 0.3) is 0 Å². The fourth-order valence-electron chi connectivity index (χ4n) is 1.67. The number of para-hydroxylation sites is 1. The quantitative estimate of drug-likeness (QED) is 0.346. The summed E-state index contributed by atoms with van der Waals surface area (Å²) in [5.41, 5.74) is 2.71. The molecule has 0 bridgehead atoms. The van der Waals surface area contributed by atoms with Gasteiger partial charge in [0.1, 0.15) is 5.41 Å². The maximum atomic E-state index is 12.9. The third-order valence-electron chi connectivity index (χ3n) is 3.36. The van der Waals surface area contributed by atoms with E-state index in [1.807, 2.05) is 0 Å². The summed E-state index contributed by atoms with van der Waals surface area (Å²) in [5.74, 6) is -1.15. The minimum absolute atomic E-state index is 0.156. The van der Waals surface area contributed by atoms with E-state index < -0.39 is 23.1 Å². The number of alkyl halides is 3. The first-order valence-electron chi connectivity index (χ1n) is 6.12. The molecule has 5 nitrogen and oxygen atoms in total. The van der Waals surface area contributed by atoms with Gasteiger partial charge < -0.3 is 16.3 Å². The number of hydrogen-bond donors (Lipinski definition) is 3. The van der Waals surface area contributed by atoms with Crippen LogP contribution in [-0.2, 0) is 11.0 Å². The molecule has 0 radical (unpaired) electrons. The highest BCUT2D eigenvalue weighted by atomic mass is 19.4. The molecule has 0 aromatic heterocycles. The van der Waals surface area contributed by atoms with Crippen LogP contribution in [0.4, 0.5) is 18.9 Å². The summed E-state index contributed by atoms with van der Waals surface area (Å²) in [4.78, 5) is 12.2. The summed E-state index contributed by atoms with van der Waals surface area (Å²) < 4.78 is 38.6. The molecule has 0 aliphatic carbocycles. The number of oxime groups is 1. The first-order valence-corrected chi connectivity index (χ1v) is 6.12. The van der Waals surface area contributed by atoms with Crippen LogP contribution in [-0.4, -0.2) is 17.0 Å². The molecule has 1 unspecified atom stereocenters. The lowest BCUT2D eigenvalue weighted by molar-refractivity contribution is -0.137. The van der Waals surface area contributed by atoms with Crippen LogP contribution in [0.15, 0.2) is 29.4 Å². The molecule has 0 saturated heterocycles. The van der Waals surface area contributed by atoms with Crippen molar-refractivity contribution in [1.29, 1.82) is 0 Å². The van der Waals surface area contributed by atoms with Crippen LogP contribution >= 0.6 is 0 Å². The Morgan fingerprint density at radius 1 is 1.38 bits per heavy atom. The average molecular weight is 303 g/mol. The number of carbonyl (C=O) groups is 1. The number of nitrogens with two attached hydrogens (primary N) is 1. The predicted octanol–water partition coefficient (Wildman–Crippen LogP) is 2.81. The van der Waals surface area contributed by atoms with Crippen LogP contribution < -0.4 is 11.1 Å². The van der Waals surface area contributed by atoms with Crippen LogP contribution in [0, 0.1) is 5.41 Å². The van der Waals surface area contributed by atoms with Gasteiger partial charge in [0.15, 0.2) is 5.84 Å². The van der Waals surface area contributed by atoms with Gasteiger partial charge in [-0.15, -0.1) is 0 Å². The summed E-state index contributed by atoms with van der Waals surface area (Å²) in [5, 5.41) is 13.7. The normalized spacial score (nSPS) is 15.4. The summed E-state index contributed by atoms with van der Waals surface area (Å²) in [7, 11) is 0. The molecule has 1 amide bonds. The Labute approximate surface area is 119 Å². The van der Waals surface area contributed by atoms with Crippen LogP contribution in [0.5, 0.6) is 0 Å². The lowest BCUT2D eigenvalue weighted by Crippen LogP contribution is -2.44. The maximum absolute atomic E-state index is 12.9. The molecule has 1 aromatic rings. The Balaban J connectivity index is 3.15. The van der Waals surface area contributed by atoms with E-state index in [-0.39, 0.29) is 17.9 Å². The highest BCUT2D eigenvalue weighted by Crippen LogP contribution is 2.35. The number of nitrogens with zero attached hydrogens (tertiary/aromatic N) is 1. The van der Waals surface area contributed by atoms with Crippen molar-refractivity contribution in [3.63, 3.8) is 0 Å². The second-order valence-corrected chi connectivity index (χ2v) is 4.67. The minimum atomic E-state index is -4.59. The summed E-state index contributed by atoms with van der Waals surface area (Å²) in [6.07, 6.45) is -4.44.